The van der Waals surface area contributed by atoms with Crippen molar-refractivity contribution in [2.75, 3.05) is 39.8 Å². The lowest BCUT2D eigenvalue weighted by molar-refractivity contribution is -0.138. The standard InChI is InChI=1S/C16H23FN2O3.ClH/c1-18(12-16(20)21)13-6-8-19(9-7-13)10-11-22-15-5-3-2-4-14(15)17;/h2-5,13H,6-12H2,1H3,(H,20,21);1H. The van der Waals surface area contributed by atoms with Crippen LogP contribution in [0.1, 0.15) is 12.8 Å². The summed E-state index contributed by atoms with van der Waals surface area (Å²) in [6, 6.07) is 6.73. The average Bonchev–Trinajstić information content (AvgIpc) is 2.49. The first-order chi connectivity index (χ1) is 10.6. The largest absolute Gasteiger partial charge is 0.489 e. The fourth-order valence-corrected chi connectivity index (χ4v) is 2.77. The van der Waals surface area contributed by atoms with Crippen molar-refractivity contribution in [3.05, 3.63) is 30.1 Å². The second-order valence-corrected chi connectivity index (χ2v) is 5.66. The molecule has 1 aromatic carbocycles. The Balaban J connectivity index is 0.00000264. The maximum atomic E-state index is 13.4. The topological polar surface area (TPSA) is 53.0 Å². The van der Waals surface area contributed by atoms with Gasteiger partial charge in [0.2, 0.25) is 0 Å². The van der Waals surface area contributed by atoms with Gasteiger partial charge in [0.05, 0.1) is 6.54 Å². The number of likely N-dealkylation sites (tertiary alicyclic amines) is 1. The molecule has 0 aromatic heterocycles. The van der Waals surface area contributed by atoms with Crippen molar-refractivity contribution in [1.82, 2.24) is 9.80 Å². The molecule has 0 radical (unpaired) electrons. The van der Waals surface area contributed by atoms with Gasteiger partial charge in [0.1, 0.15) is 6.61 Å². The van der Waals surface area contributed by atoms with E-state index in [1.807, 2.05) is 11.9 Å². The van der Waals surface area contributed by atoms with Crippen LogP contribution in [0, 0.1) is 5.82 Å². The second kappa shape index (κ2) is 9.70. The van der Waals surface area contributed by atoms with Crippen LogP contribution in [0.15, 0.2) is 24.3 Å². The van der Waals surface area contributed by atoms with Crippen LogP contribution in [-0.2, 0) is 4.79 Å². The first-order valence-electron chi connectivity index (χ1n) is 7.58. The molecule has 1 aliphatic rings. The highest BCUT2D eigenvalue weighted by atomic mass is 35.5. The molecule has 0 spiro atoms. The summed E-state index contributed by atoms with van der Waals surface area (Å²) < 4.78 is 18.9. The van der Waals surface area contributed by atoms with E-state index in [0.717, 1.165) is 32.5 Å². The molecule has 1 fully saturated rings. The van der Waals surface area contributed by atoms with E-state index in [-0.39, 0.29) is 24.8 Å². The molecule has 1 aliphatic heterocycles. The van der Waals surface area contributed by atoms with E-state index >= 15 is 0 Å². The number of hydrogen-bond acceptors (Lipinski definition) is 4. The van der Waals surface area contributed by atoms with Crippen LogP contribution in [0.3, 0.4) is 0 Å². The monoisotopic (exact) mass is 346 g/mol. The Morgan fingerprint density at radius 2 is 2.04 bits per heavy atom. The van der Waals surface area contributed by atoms with E-state index in [4.69, 9.17) is 9.84 Å². The van der Waals surface area contributed by atoms with E-state index in [2.05, 4.69) is 4.90 Å². The lowest BCUT2D eigenvalue weighted by Crippen LogP contribution is -2.45. The highest BCUT2D eigenvalue weighted by Gasteiger charge is 2.23. The van der Waals surface area contributed by atoms with Gasteiger partial charge in [-0.2, -0.15) is 0 Å². The lowest BCUT2D eigenvalue weighted by Gasteiger charge is -2.36. The van der Waals surface area contributed by atoms with Gasteiger partial charge >= 0.3 is 5.97 Å². The fourth-order valence-electron chi connectivity index (χ4n) is 2.77. The molecule has 1 N–H and O–H groups in total. The van der Waals surface area contributed by atoms with Gasteiger partial charge in [0.25, 0.3) is 0 Å². The average molecular weight is 347 g/mol. The van der Waals surface area contributed by atoms with Crippen molar-refractivity contribution >= 4 is 18.4 Å². The Labute approximate surface area is 142 Å². The molecule has 0 saturated carbocycles. The van der Waals surface area contributed by atoms with Crippen molar-refractivity contribution < 1.29 is 19.0 Å². The van der Waals surface area contributed by atoms with Gasteiger partial charge in [0.15, 0.2) is 11.6 Å². The number of likely N-dealkylation sites (N-methyl/N-ethyl adjacent to an activating group) is 1. The van der Waals surface area contributed by atoms with E-state index in [9.17, 15) is 9.18 Å². The minimum Gasteiger partial charge on any atom is -0.489 e. The molecule has 0 amide bonds. The van der Waals surface area contributed by atoms with Gasteiger partial charge in [-0.25, -0.2) is 4.39 Å². The molecule has 1 saturated heterocycles. The predicted octanol–water partition coefficient (Wildman–Crippen LogP) is 2.11. The Bertz CT molecular complexity index is 496. The maximum Gasteiger partial charge on any atom is 0.317 e. The summed E-state index contributed by atoms with van der Waals surface area (Å²) >= 11 is 0. The molecule has 2 rings (SSSR count). The van der Waals surface area contributed by atoms with E-state index in [1.165, 1.54) is 6.07 Å². The Hall–Kier alpha value is -1.37. The second-order valence-electron chi connectivity index (χ2n) is 5.66. The van der Waals surface area contributed by atoms with Crippen LogP contribution >= 0.6 is 12.4 Å². The zero-order chi connectivity index (χ0) is 15.9. The molecule has 0 bridgehead atoms. The summed E-state index contributed by atoms with van der Waals surface area (Å²) in [5.41, 5.74) is 0. The number of benzene rings is 1. The first-order valence-corrected chi connectivity index (χ1v) is 7.58. The number of nitrogens with zero attached hydrogens (tertiary/aromatic N) is 2. The Morgan fingerprint density at radius 1 is 1.39 bits per heavy atom. The van der Waals surface area contributed by atoms with Gasteiger partial charge < -0.3 is 9.84 Å². The summed E-state index contributed by atoms with van der Waals surface area (Å²) in [5.74, 6) is -0.835. The van der Waals surface area contributed by atoms with E-state index < -0.39 is 5.97 Å². The number of carbonyl (C=O) groups is 1. The Morgan fingerprint density at radius 3 is 2.65 bits per heavy atom. The Kier molecular flexibility index (Phi) is 8.30. The van der Waals surface area contributed by atoms with Crippen molar-refractivity contribution in [2.45, 2.75) is 18.9 Å². The van der Waals surface area contributed by atoms with Gasteiger partial charge in [-0.15, -0.1) is 12.4 Å². The summed E-state index contributed by atoms with van der Waals surface area (Å²) in [4.78, 5) is 14.9. The fraction of sp³-hybridized carbons (Fsp3) is 0.562. The van der Waals surface area contributed by atoms with Crippen molar-refractivity contribution in [3.8, 4) is 5.75 Å². The van der Waals surface area contributed by atoms with E-state index in [0.29, 0.717) is 18.4 Å². The van der Waals surface area contributed by atoms with Crippen molar-refractivity contribution in [3.63, 3.8) is 0 Å². The third kappa shape index (κ3) is 6.33. The molecule has 0 unspecified atom stereocenters. The number of para-hydroxylation sites is 1. The third-order valence-electron chi connectivity index (χ3n) is 4.07. The quantitative estimate of drug-likeness (QED) is 0.819. The number of rotatable bonds is 7. The van der Waals surface area contributed by atoms with Crippen molar-refractivity contribution in [1.29, 1.82) is 0 Å². The summed E-state index contributed by atoms with van der Waals surface area (Å²) in [5, 5.41) is 8.81. The van der Waals surface area contributed by atoms with E-state index in [1.54, 1.807) is 18.2 Å². The first kappa shape index (κ1) is 19.7. The minimum absolute atomic E-state index is 0. The molecule has 130 valence electrons. The van der Waals surface area contributed by atoms with Gasteiger partial charge in [-0.1, -0.05) is 12.1 Å². The molecular weight excluding hydrogens is 323 g/mol. The van der Waals surface area contributed by atoms with Gasteiger partial charge in [-0.05, 0) is 45.1 Å². The highest BCUT2D eigenvalue weighted by Crippen LogP contribution is 2.17. The number of hydrogen-bond donors (Lipinski definition) is 1. The summed E-state index contributed by atoms with van der Waals surface area (Å²) in [7, 11) is 1.86. The molecule has 1 heterocycles. The molecule has 1 aromatic rings. The minimum atomic E-state index is -0.789. The number of piperidine rings is 1. The maximum absolute atomic E-state index is 13.4. The van der Waals surface area contributed by atoms with Crippen LogP contribution in [0.5, 0.6) is 5.75 Å². The summed E-state index contributed by atoms with van der Waals surface area (Å²) in [6.45, 7) is 3.12. The number of ether oxygens (including phenoxy) is 1. The smallest absolute Gasteiger partial charge is 0.317 e. The number of carboxylic acid groups (broad SMARTS) is 1. The molecule has 0 aliphatic carbocycles. The van der Waals surface area contributed by atoms with Crippen LogP contribution in [0.4, 0.5) is 4.39 Å². The van der Waals surface area contributed by atoms with Crippen LogP contribution < -0.4 is 4.74 Å². The highest BCUT2D eigenvalue weighted by molar-refractivity contribution is 5.85. The van der Waals surface area contributed by atoms with Crippen LogP contribution in [-0.4, -0.2) is 66.8 Å². The zero-order valence-electron chi connectivity index (χ0n) is 13.3. The normalized spacial score (nSPS) is 16.1. The molecule has 7 heteroatoms. The zero-order valence-corrected chi connectivity index (χ0v) is 14.1. The number of aliphatic carboxylic acids is 1. The predicted molar refractivity (Wildman–Crippen MR) is 88.9 cm³/mol. The van der Waals surface area contributed by atoms with Crippen LogP contribution in [0.2, 0.25) is 0 Å². The summed E-state index contributed by atoms with van der Waals surface area (Å²) in [6.07, 6.45) is 1.90. The third-order valence-corrected chi connectivity index (χ3v) is 4.07. The van der Waals surface area contributed by atoms with Crippen LogP contribution in [0.25, 0.3) is 0 Å². The van der Waals surface area contributed by atoms with Crippen molar-refractivity contribution in [2.24, 2.45) is 0 Å². The van der Waals surface area contributed by atoms with Gasteiger partial charge in [0, 0.05) is 12.6 Å². The SMILES string of the molecule is CN(CC(=O)O)C1CCN(CCOc2ccccc2F)CC1.Cl. The molecule has 0 atom stereocenters. The molecule has 5 nitrogen and oxygen atoms in total. The molecule has 23 heavy (non-hydrogen) atoms. The van der Waals surface area contributed by atoms with Gasteiger partial charge in [-0.3, -0.25) is 14.6 Å². The lowest BCUT2D eigenvalue weighted by atomic mass is 10.0. The number of halogens is 2. The number of carboxylic acids is 1. The molecular formula is C16H24ClFN2O3.